The fourth-order valence-electron chi connectivity index (χ4n) is 2.28. The van der Waals surface area contributed by atoms with Crippen molar-refractivity contribution < 1.29 is 9.15 Å². The van der Waals surface area contributed by atoms with Gasteiger partial charge in [-0.1, -0.05) is 49.9 Å². The van der Waals surface area contributed by atoms with E-state index in [0.717, 1.165) is 29.2 Å². The number of nitrogens with zero attached hydrogens (tertiary/aromatic N) is 1. The Hall–Kier alpha value is -1.94. The molecule has 1 aromatic heterocycles. The van der Waals surface area contributed by atoms with Crippen LogP contribution in [0.15, 0.2) is 52.1 Å². The molecule has 0 amide bonds. The summed E-state index contributed by atoms with van der Waals surface area (Å²) in [6.07, 6.45) is 0. The van der Waals surface area contributed by atoms with E-state index >= 15 is 0 Å². The lowest BCUT2D eigenvalue weighted by atomic mass is 10.1. The van der Waals surface area contributed by atoms with Crippen LogP contribution in [-0.2, 0) is 5.75 Å². The Morgan fingerprint density at radius 3 is 2.74 bits per heavy atom. The van der Waals surface area contributed by atoms with Crippen LogP contribution in [0.2, 0.25) is 0 Å². The van der Waals surface area contributed by atoms with Crippen LogP contribution in [0.4, 0.5) is 0 Å². The molecule has 0 unspecified atom stereocenters. The second-order valence-corrected chi connectivity index (χ2v) is 6.91. The van der Waals surface area contributed by atoms with Crippen molar-refractivity contribution in [1.82, 2.24) is 4.98 Å². The molecule has 3 nitrogen and oxygen atoms in total. The lowest BCUT2D eigenvalue weighted by Crippen LogP contribution is -2.06. The SMILES string of the molecule is Cc1c(CSc2nc3ccccc3o2)cccc1OCC(C)C. The van der Waals surface area contributed by atoms with Crippen molar-refractivity contribution >= 4 is 22.9 Å². The predicted octanol–water partition coefficient (Wildman–Crippen LogP) is 5.46. The number of thioether (sulfide) groups is 1. The van der Waals surface area contributed by atoms with E-state index in [2.05, 4.69) is 31.8 Å². The van der Waals surface area contributed by atoms with E-state index in [9.17, 15) is 0 Å². The Balaban J connectivity index is 1.71. The van der Waals surface area contributed by atoms with Gasteiger partial charge in [-0.2, -0.15) is 0 Å². The molecule has 0 N–H and O–H groups in total. The zero-order valence-corrected chi connectivity index (χ0v) is 14.5. The maximum Gasteiger partial charge on any atom is 0.257 e. The van der Waals surface area contributed by atoms with Crippen LogP contribution >= 0.6 is 11.8 Å². The Morgan fingerprint density at radius 1 is 1.13 bits per heavy atom. The number of oxazole rings is 1. The molecule has 4 heteroatoms. The molecule has 23 heavy (non-hydrogen) atoms. The third-order valence-electron chi connectivity index (χ3n) is 3.59. The molecule has 3 rings (SSSR count). The average Bonchev–Trinajstić information content (AvgIpc) is 2.95. The summed E-state index contributed by atoms with van der Waals surface area (Å²) in [4.78, 5) is 4.50. The molecule has 2 aromatic carbocycles. The highest BCUT2D eigenvalue weighted by Crippen LogP contribution is 2.30. The standard InChI is InChI=1S/C19H21NO2S/c1-13(2)11-21-17-10-6-7-15(14(17)3)12-23-19-20-16-8-4-5-9-18(16)22-19/h4-10,13H,11-12H2,1-3H3. The summed E-state index contributed by atoms with van der Waals surface area (Å²) in [5.74, 6) is 2.30. The Kier molecular flexibility index (Phi) is 4.91. The van der Waals surface area contributed by atoms with Crippen LogP contribution in [-0.4, -0.2) is 11.6 Å². The van der Waals surface area contributed by atoms with E-state index in [1.165, 1.54) is 11.1 Å². The first-order chi connectivity index (χ1) is 11.1. The average molecular weight is 327 g/mol. The summed E-state index contributed by atoms with van der Waals surface area (Å²) >= 11 is 1.61. The van der Waals surface area contributed by atoms with Gasteiger partial charge in [0.05, 0.1) is 6.61 Å². The number of rotatable bonds is 6. The van der Waals surface area contributed by atoms with Crippen molar-refractivity contribution in [3.63, 3.8) is 0 Å². The smallest absolute Gasteiger partial charge is 0.257 e. The summed E-state index contributed by atoms with van der Waals surface area (Å²) in [6, 6.07) is 14.1. The van der Waals surface area contributed by atoms with Crippen molar-refractivity contribution in [3.8, 4) is 5.75 Å². The maximum atomic E-state index is 5.89. The molecule has 0 aliphatic carbocycles. The van der Waals surface area contributed by atoms with Crippen LogP contribution in [0.1, 0.15) is 25.0 Å². The molecule has 1 heterocycles. The maximum absolute atomic E-state index is 5.89. The molecule has 0 aliphatic heterocycles. The molecule has 0 spiro atoms. The van der Waals surface area contributed by atoms with E-state index in [-0.39, 0.29) is 0 Å². The highest BCUT2D eigenvalue weighted by atomic mass is 32.2. The molecule has 0 aliphatic rings. The van der Waals surface area contributed by atoms with Gasteiger partial charge in [0.25, 0.3) is 5.22 Å². The Morgan fingerprint density at radius 2 is 1.96 bits per heavy atom. The molecule has 0 saturated carbocycles. The van der Waals surface area contributed by atoms with Gasteiger partial charge in [-0.15, -0.1) is 0 Å². The van der Waals surface area contributed by atoms with Crippen LogP contribution in [0.25, 0.3) is 11.1 Å². The van der Waals surface area contributed by atoms with Gasteiger partial charge < -0.3 is 9.15 Å². The Labute approximate surface area is 141 Å². The van der Waals surface area contributed by atoms with Gasteiger partial charge in [-0.25, -0.2) is 4.98 Å². The molecular weight excluding hydrogens is 306 g/mol. The number of hydrogen-bond acceptors (Lipinski definition) is 4. The molecule has 0 fully saturated rings. The van der Waals surface area contributed by atoms with E-state index in [1.807, 2.05) is 36.4 Å². The highest BCUT2D eigenvalue weighted by molar-refractivity contribution is 7.98. The second kappa shape index (κ2) is 7.09. The fourth-order valence-corrected chi connectivity index (χ4v) is 3.18. The highest BCUT2D eigenvalue weighted by Gasteiger charge is 2.10. The van der Waals surface area contributed by atoms with E-state index in [4.69, 9.17) is 9.15 Å². The first-order valence-electron chi connectivity index (χ1n) is 7.83. The molecule has 120 valence electrons. The number of hydrogen-bond donors (Lipinski definition) is 0. The van der Waals surface area contributed by atoms with E-state index in [1.54, 1.807) is 11.8 Å². The zero-order valence-electron chi connectivity index (χ0n) is 13.7. The molecule has 3 aromatic rings. The van der Waals surface area contributed by atoms with Crippen LogP contribution in [0, 0.1) is 12.8 Å². The van der Waals surface area contributed by atoms with Gasteiger partial charge >= 0.3 is 0 Å². The van der Waals surface area contributed by atoms with E-state index in [0.29, 0.717) is 11.1 Å². The summed E-state index contributed by atoms with van der Waals surface area (Å²) in [5.41, 5.74) is 4.18. The van der Waals surface area contributed by atoms with Gasteiger partial charge in [-0.05, 0) is 42.2 Å². The van der Waals surface area contributed by atoms with Crippen molar-refractivity contribution in [2.45, 2.75) is 31.7 Å². The summed E-state index contributed by atoms with van der Waals surface area (Å²) in [7, 11) is 0. The van der Waals surface area contributed by atoms with Crippen molar-refractivity contribution in [1.29, 1.82) is 0 Å². The first kappa shape index (κ1) is 15.9. The normalized spacial score (nSPS) is 11.3. The molecule has 0 bridgehead atoms. The van der Waals surface area contributed by atoms with E-state index < -0.39 is 0 Å². The zero-order chi connectivity index (χ0) is 16.2. The van der Waals surface area contributed by atoms with Gasteiger partial charge in [0.15, 0.2) is 5.58 Å². The summed E-state index contributed by atoms with van der Waals surface area (Å²) in [6.45, 7) is 7.16. The van der Waals surface area contributed by atoms with Crippen molar-refractivity contribution in [2.24, 2.45) is 5.92 Å². The largest absolute Gasteiger partial charge is 0.493 e. The molecular formula is C19H21NO2S. The number of para-hydroxylation sites is 2. The quantitative estimate of drug-likeness (QED) is 0.563. The lowest BCUT2D eigenvalue weighted by molar-refractivity contribution is 0.269. The minimum absolute atomic E-state index is 0.521. The first-order valence-corrected chi connectivity index (χ1v) is 8.81. The number of benzene rings is 2. The van der Waals surface area contributed by atoms with Gasteiger partial charge in [0, 0.05) is 5.75 Å². The number of ether oxygens (including phenoxy) is 1. The third kappa shape index (κ3) is 3.88. The number of aromatic nitrogens is 1. The lowest BCUT2D eigenvalue weighted by Gasteiger charge is -2.13. The molecule has 0 saturated heterocycles. The molecule has 0 radical (unpaired) electrons. The van der Waals surface area contributed by atoms with Crippen LogP contribution in [0.5, 0.6) is 5.75 Å². The summed E-state index contributed by atoms with van der Waals surface area (Å²) < 4.78 is 11.7. The third-order valence-corrected chi connectivity index (χ3v) is 4.47. The van der Waals surface area contributed by atoms with Gasteiger partial charge in [-0.3, -0.25) is 0 Å². The van der Waals surface area contributed by atoms with Gasteiger partial charge in [0.2, 0.25) is 0 Å². The molecule has 0 atom stereocenters. The fraction of sp³-hybridized carbons (Fsp3) is 0.316. The second-order valence-electron chi connectivity index (χ2n) is 5.98. The van der Waals surface area contributed by atoms with Crippen LogP contribution < -0.4 is 4.74 Å². The monoisotopic (exact) mass is 327 g/mol. The Bertz CT molecular complexity index is 762. The van der Waals surface area contributed by atoms with Gasteiger partial charge in [0.1, 0.15) is 11.3 Å². The number of fused-ring (bicyclic) bond motifs is 1. The topological polar surface area (TPSA) is 35.3 Å². The minimum Gasteiger partial charge on any atom is -0.493 e. The van der Waals surface area contributed by atoms with Crippen molar-refractivity contribution in [2.75, 3.05) is 6.61 Å². The van der Waals surface area contributed by atoms with Crippen molar-refractivity contribution in [3.05, 3.63) is 53.6 Å². The predicted molar refractivity (Wildman–Crippen MR) is 95.1 cm³/mol. The van der Waals surface area contributed by atoms with Crippen LogP contribution in [0.3, 0.4) is 0 Å². The summed E-state index contributed by atoms with van der Waals surface area (Å²) in [5, 5.41) is 0.708. The minimum atomic E-state index is 0.521.